The number of aromatic carboxylic acids is 1. The number of carbonyl (C=O) groups is 1. The minimum atomic E-state index is -1.50. The summed E-state index contributed by atoms with van der Waals surface area (Å²) in [6, 6.07) is 5.88. The molecular weight excluding hydrogens is 286 g/mol. The number of carboxylic acid groups (broad SMARTS) is 1. The summed E-state index contributed by atoms with van der Waals surface area (Å²) in [5, 5.41) is 22.1. The first-order chi connectivity index (χ1) is 9.88. The summed E-state index contributed by atoms with van der Waals surface area (Å²) in [5.74, 6) is -2.92. The van der Waals surface area contributed by atoms with E-state index in [-0.39, 0.29) is 11.4 Å². The SMILES string of the molecule is O=C(O)c1cc(Nc2cc(F)ccc2F)ccc1[N+](=O)[O-]. The van der Waals surface area contributed by atoms with Crippen LogP contribution in [-0.2, 0) is 0 Å². The summed E-state index contributed by atoms with van der Waals surface area (Å²) in [4.78, 5) is 20.9. The van der Waals surface area contributed by atoms with Gasteiger partial charge in [-0.05, 0) is 24.3 Å². The molecule has 8 heteroatoms. The number of nitro groups is 1. The van der Waals surface area contributed by atoms with Crippen LogP contribution in [0.3, 0.4) is 0 Å². The van der Waals surface area contributed by atoms with Gasteiger partial charge in [0.05, 0.1) is 10.6 Å². The third kappa shape index (κ3) is 3.11. The minimum absolute atomic E-state index is 0.0856. The van der Waals surface area contributed by atoms with Crippen LogP contribution < -0.4 is 5.32 Å². The fourth-order valence-electron chi connectivity index (χ4n) is 1.69. The molecule has 2 aromatic carbocycles. The van der Waals surface area contributed by atoms with Gasteiger partial charge in [0.1, 0.15) is 17.2 Å². The summed E-state index contributed by atoms with van der Waals surface area (Å²) in [6.07, 6.45) is 0. The lowest BCUT2D eigenvalue weighted by Crippen LogP contribution is -2.04. The number of nitrogens with one attached hydrogen (secondary N) is 1. The minimum Gasteiger partial charge on any atom is -0.477 e. The Bertz CT molecular complexity index is 734. The monoisotopic (exact) mass is 294 g/mol. The zero-order valence-corrected chi connectivity index (χ0v) is 10.3. The molecule has 0 radical (unpaired) electrons. The number of halogens is 2. The van der Waals surface area contributed by atoms with Crippen LogP contribution in [0.15, 0.2) is 36.4 Å². The third-order valence-electron chi connectivity index (χ3n) is 2.63. The van der Waals surface area contributed by atoms with Crippen molar-refractivity contribution in [3.8, 4) is 0 Å². The number of benzene rings is 2. The maximum absolute atomic E-state index is 13.5. The Morgan fingerprint density at radius 2 is 1.90 bits per heavy atom. The van der Waals surface area contributed by atoms with Gasteiger partial charge < -0.3 is 10.4 Å². The van der Waals surface area contributed by atoms with E-state index in [9.17, 15) is 23.7 Å². The second kappa shape index (κ2) is 5.53. The summed E-state index contributed by atoms with van der Waals surface area (Å²) in [5.41, 5.74) is -1.27. The number of carboxylic acids is 1. The number of hydrogen-bond acceptors (Lipinski definition) is 4. The van der Waals surface area contributed by atoms with Crippen LogP contribution in [0.4, 0.5) is 25.8 Å². The molecule has 6 nitrogen and oxygen atoms in total. The second-order valence-corrected chi connectivity index (χ2v) is 4.04. The van der Waals surface area contributed by atoms with E-state index < -0.39 is 33.8 Å². The lowest BCUT2D eigenvalue weighted by molar-refractivity contribution is -0.385. The zero-order valence-electron chi connectivity index (χ0n) is 10.3. The van der Waals surface area contributed by atoms with Crippen molar-refractivity contribution >= 4 is 23.0 Å². The first-order valence-electron chi connectivity index (χ1n) is 5.62. The van der Waals surface area contributed by atoms with Gasteiger partial charge in [0, 0.05) is 17.8 Å². The fourth-order valence-corrected chi connectivity index (χ4v) is 1.69. The summed E-state index contributed by atoms with van der Waals surface area (Å²) in [6.45, 7) is 0. The molecule has 2 aromatic rings. The van der Waals surface area contributed by atoms with Crippen molar-refractivity contribution in [3.05, 3.63) is 63.7 Å². The number of nitro benzene ring substituents is 1. The van der Waals surface area contributed by atoms with Crippen molar-refractivity contribution in [3.63, 3.8) is 0 Å². The van der Waals surface area contributed by atoms with Crippen LogP contribution in [0, 0.1) is 21.7 Å². The fraction of sp³-hybridized carbons (Fsp3) is 0. The highest BCUT2D eigenvalue weighted by Crippen LogP contribution is 2.26. The topological polar surface area (TPSA) is 92.5 Å². The van der Waals surface area contributed by atoms with Crippen LogP contribution in [0.5, 0.6) is 0 Å². The largest absolute Gasteiger partial charge is 0.477 e. The van der Waals surface area contributed by atoms with Crippen molar-refractivity contribution in [1.82, 2.24) is 0 Å². The van der Waals surface area contributed by atoms with Crippen molar-refractivity contribution in [1.29, 1.82) is 0 Å². The Hall–Kier alpha value is -3.03. The van der Waals surface area contributed by atoms with E-state index in [1.165, 1.54) is 6.07 Å². The van der Waals surface area contributed by atoms with Crippen molar-refractivity contribution < 1.29 is 23.6 Å². The first kappa shape index (κ1) is 14.4. The molecule has 0 aliphatic rings. The molecule has 2 rings (SSSR count). The van der Waals surface area contributed by atoms with E-state index in [2.05, 4.69) is 5.32 Å². The number of nitrogens with zero attached hydrogens (tertiary/aromatic N) is 1. The van der Waals surface area contributed by atoms with E-state index in [1.807, 2.05) is 0 Å². The second-order valence-electron chi connectivity index (χ2n) is 4.04. The summed E-state index contributed by atoms with van der Waals surface area (Å²) < 4.78 is 26.5. The highest BCUT2D eigenvalue weighted by molar-refractivity contribution is 5.93. The van der Waals surface area contributed by atoms with Gasteiger partial charge >= 0.3 is 5.97 Å². The number of rotatable bonds is 4. The first-order valence-corrected chi connectivity index (χ1v) is 5.62. The molecule has 0 aromatic heterocycles. The van der Waals surface area contributed by atoms with Crippen LogP contribution in [0.25, 0.3) is 0 Å². The highest BCUT2D eigenvalue weighted by Gasteiger charge is 2.20. The molecule has 0 saturated carbocycles. The molecular formula is C13H8F2N2O4. The lowest BCUT2D eigenvalue weighted by Gasteiger charge is -2.08. The standard InChI is InChI=1S/C13H8F2N2O4/c14-7-1-3-10(15)11(5-7)16-8-2-4-12(17(20)21)9(6-8)13(18)19/h1-6,16H,(H,18,19). The molecule has 0 atom stereocenters. The Kier molecular flexibility index (Phi) is 3.79. The average molecular weight is 294 g/mol. The van der Waals surface area contributed by atoms with Crippen molar-refractivity contribution in [2.24, 2.45) is 0 Å². The molecule has 21 heavy (non-hydrogen) atoms. The van der Waals surface area contributed by atoms with E-state index >= 15 is 0 Å². The molecule has 0 spiro atoms. The van der Waals surface area contributed by atoms with Gasteiger partial charge in [-0.25, -0.2) is 13.6 Å². The maximum atomic E-state index is 13.5. The van der Waals surface area contributed by atoms with Crippen molar-refractivity contribution in [2.75, 3.05) is 5.32 Å². The van der Waals surface area contributed by atoms with Gasteiger partial charge in [0.2, 0.25) is 0 Å². The van der Waals surface area contributed by atoms with Crippen molar-refractivity contribution in [2.45, 2.75) is 0 Å². The van der Waals surface area contributed by atoms with E-state index in [0.717, 1.165) is 30.3 Å². The van der Waals surface area contributed by atoms with Gasteiger partial charge in [0.25, 0.3) is 5.69 Å². The van der Waals surface area contributed by atoms with Crippen LogP contribution in [-0.4, -0.2) is 16.0 Å². The Labute approximate surface area is 116 Å². The molecule has 0 saturated heterocycles. The molecule has 0 bridgehead atoms. The predicted octanol–water partition coefficient (Wildman–Crippen LogP) is 3.31. The van der Waals surface area contributed by atoms with E-state index in [4.69, 9.17) is 5.11 Å². The van der Waals surface area contributed by atoms with Gasteiger partial charge in [0.15, 0.2) is 0 Å². The molecule has 0 amide bonds. The van der Waals surface area contributed by atoms with Crippen LogP contribution in [0.2, 0.25) is 0 Å². The molecule has 0 aliphatic carbocycles. The van der Waals surface area contributed by atoms with Gasteiger partial charge in [-0.15, -0.1) is 0 Å². The van der Waals surface area contributed by atoms with Gasteiger partial charge in [-0.2, -0.15) is 0 Å². The van der Waals surface area contributed by atoms with E-state index in [1.54, 1.807) is 0 Å². The van der Waals surface area contributed by atoms with Crippen LogP contribution >= 0.6 is 0 Å². The Morgan fingerprint density at radius 1 is 1.19 bits per heavy atom. The Morgan fingerprint density at radius 3 is 2.52 bits per heavy atom. The quantitative estimate of drug-likeness (QED) is 0.666. The molecule has 108 valence electrons. The molecule has 2 N–H and O–H groups in total. The number of hydrogen-bond donors (Lipinski definition) is 2. The lowest BCUT2D eigenvalue weighted by atomic mass is 10.1. The summed E-state index contributed by atoms with van der Waals surface area (Å²) >= 11 is 0. The highest BCUT2D eigenvalue weighted by atomic mass is 19.1. The van der Waals surface area contributed by atoms with Gasteiger partial charge in [-0.3, -0.25) is 10.1 Å². The molecule has 0 unspecified atom stereocenters. The number of anilines is 2. The Balaban J connectivity index is 2.41. The zero-order chi connectivity index (χ0) is 15.6. The normalized spacial score (nSPS) is 10.2. The molecule has 0 heterocycles. The predicted molar refractivity (Wildman–Crippen MR) is 69.7 cm³/mol. The average Bonchev–Trinajstić information content (AvgIpc) is 2.42. The maximum Gasteiger partial charge on any atom is 0.342 e. The molecule has 0 aliphatic heterocycles. The van der Waals surface area contributed by atoms with Gasteiger partial charge in [-0.1, -0.05) is 0 Å². The van der Waals surface area contributed by atoms with Crippen LogP contribution in [0.1, 0.15) is 10.4 Å². The summed E-state index contributed by atoms with van der Waals surface area (Å²) in [7, 11) is 0. The smallest absolute Gasteiger partial charge is 0.342 e. The third-order valence-corrected chi connectivity index (χ3v) is 2.63. The molecule has 0 fully saturated rings. The van der Waals surface area contributed by atoms with E-state index in [0.29, 0.717) is 0 Å².